The predicted molar refractivity (Wildman–Crippen MR) is 264 cm³/mol. The molecule has 0 bridgehead atoms. The Kier molecular flexibility index (Phi) is 16.2. The molecule has 0 radical (unpaired) electrons. The number of nitrogens with one attached hydrogen (secondary N) is 2. The molecule has 5 aromatic carbocycles. The summed E-state index contributed by atoms with van der Waals surface area (Å²) in [6.45, 7) is 6.56. The molecule has 0 spiro atoms. The minimum absolute atomic E-state index is 0.0973. The van der Waals surface area contributed by atoms with Gasteiger partial charge in [-0.15, -0.1) is 11.8 Å². The highest BCUT2D eigenvalue weighted by atomic mass is 32.2. The number of thioether (sulfide) groups is 2. The zero-order valence-electron chi connectivity index (χ0n) is 37.5. The van der Waals surface area contributed by atoms with E-state index in [-0.39, 0.29) is 23.0 Å². The summed E-state index contributed by atoms with van der Waals surface area (Å²) >= 11 is 3.56. The van der Waals surface area contributed by atoms with Gasteiger partial charge in [0.1, 0.15) is 17.5 Å². The quantitative estimate of drug-likeness (QED) is 0.0733. The van der Waals surface area contributed by atoms with Crippen LogP contribution in [0.25, 0.3) is 0 Å². The Morgan fingerprint density at radius 3 is 2.03 bits per heavy atom. The van der Waals surface area contributed by atoms with Crippen LogP contribution in [0, 0.1) is 5.82 Å². The maximum Gasteiger partial charge on any atom is 0.414 e. The van der Waals surface area contributed by atoms with Gasteiger partial charge in [-0.25, -0.2) is 9.18 Å². The third-order valence-electron chi connectivity index (χ3n) is 11.7. The van der Waals surface area contributed by atoms with Crippen LogP contribution in [0.5, 0.6) is 0 Å². The van der Waals surface area contributed by atoms with E-state index in [2.05, 4.69) is 107 Å². The second-order valence-corrected chi connectivity index (χ2v) is 20.0. The number of hydrogen-bond donors (Lipinski definition) is 3. The second kappa shape index (κ2) is 22.2. The first-order chi connectivity index (χ1) is 31.4. The lowest BCUT2D eigenvalue weighted by atomic mass is 9.84. The number of aromatic nitrogens is 1. The van der Waals surface area contributed by atoms with E-state index in [1.165, 1.54) is 28.8 Å². The Balaban J connectivity index is 1.21. The molecule has 1 aromatic heterocycles. The topological polar surface area (TPSA) is 104 Å². The number of carbonyl (C=O) groups excluding carboxylic acids is 2. The third-order valence-corrected chi connectivity index (χ3v) is 14.0. The van der Waals surface area contributed by atoms with Gasteiger partial charge in [0.25, 0.3) is 5.91 Å². The van der Waals surface area contributed by atoms with Crippen LogP contribution in [-0.2, 0) is 22.3 Å². The number of hydrogen-bond acceptors (Lipinski definition) is 8. The average Bonchev–Trinajstić information content (AvgIpc) is 3.78. The van der Waals surface area contributed by atoms with Gasteiger partial charge in [0.2, 0.25) is 0 Å². The number of ether oxygens (including phenoxy) is 1. The molecule has 1 fully saturated rings. The second-order valence-electron chi connectivity index (χ2n) is 17.5. The van der Waals surface area contributed by atoms with Crippen molar-refractivity contribution in [2.75, 3.05) is 30.0 Å². The first kappa shape index (κ1) is 47.5. The smallest absolute Gasteiger partial charge is 0.414 e. The van der Waals surface area contributed by atoms with Crippen LogP contribution >= 0.6 is 23.5 Å². The average molecular weight is 911 g/mol. The summed E-state index contributed by atoms with van der Waals surface area (Å²) < 4.78 is 19.4. The van der Waals surface area contributed by atoms with Gasteiger partial charge in [0, 0.05) is 41.8 Å². The summed E-state index contributed by atoms with van der Waals surface area (Å²) in [5.74, 6) is 0.0173. The Hall–Kier alpha value is -5.46. The molecule has 2 heterocycles. The van der Waals surface area contributed by atoms with Gasteiger partial charge in [-0.05, 0) is 123 Å². The predicted octanol–water partition coefficient (Wildman–Crippen LogP) is 10.8. The van der Waals surface area contributed by atoms with Crippen molar-refractivity contribution in [3.05, 3.63) is 203 Å². The fraction of sp³-hybridized carbons (Fsp3) is 0.315. The summed E-state index contributed by atoms with van der Waals surface area (Å²) in [5, 5.41) is 18.6. The number of aryl methyl sites for hydroxylation is 2. The first-order valence-corrected chi connectivity index (χ1v) is 24.6. The van der Waals surface area contributed by atoms with E-state index in [0.717, 1.165) is 24.1 Å². The van der Waals surface area contributed by atoms with Gasteiger partial charge in [0.05, 0.1) is 16.5 Å². The zero-order chi connectivity index (χ0) is 45.8. The number of carbonyl (C=O) groups is 2. The van der Waals surface area contributed by atoms with E-state index in [1.54, 1.807) is 53.2 Å². The van der Waals surface area contributed by atoms with Gasteiger partial charge in [-0.3, -0.25) is 14.7 Å². The SMILES string of the molecule is CSCC[C@H](NC(=O)c1cc(N(C[C@@H]2C[C@H](SC(c3ccccc3)(c3ccccc3)c3ccccc3)CN2)C(=O)OC(C)(C)C)ccc1CCc1ccc(F)cc1)C(O)c1ccccn1. The van der Waals surface area contributed by atoms with Gasteiger partial charge in [-0.2, -0.15) is 11.8 Å². The largest absolute Gasteiger partial charge is 0.443 e. The number of rotatable bonds is 18. The molecule has 3 N–H and O–H groups in total. The Morgan fingerprint density at radius 2 is 1.46 bits per heavy atom. The van der Waals surface area contributed by atoms with Crippen molar-refractivity contribution in [2.24, 2.45) is 0 Å². The summed E-state index contributed by atoms with van der Waals surface area (Å²) in [6, 6.07) is 48.5. The lowest BCUT2D eigenvalue weighted by Crippen LogP contribution is -2.44. The number of benzene rings is 5. The Morgan fingerprint density at radius 1 is 0.846 bits per heavy atom. The molecular weight excluding hydrogens is 852 g/mol. The minimum Gasteiger partial charge on any atom is -0.443 e. The zero-order valence-corrected chi connectivity index (χ0v) is 39.2. The highest BCUT2D eigenvalue weighted by Gasteiger charge is 2.42. The van der Waals surface area contributed by atoms with Crippen LogP contribution in [-0.4, -0.2) is 70.1 Å². The molecule has 7 rings (SSSR count). The molecule has 338 valence electrons. The van der Waals surface area contributed by atoms with Crippen molar-refractivity contribution in [1.82, 2.24) is 15.6 Å². The summed E-state index contributed by atoms with van der Waals surface area (Å²) in [5.41, 5.74) is 5.84. The molecule has 2 amide bonds. The van der Waals surface area contributed by atoms with Crippen LogP contribution in [0.1, 0.15) is 83.6 Å². The highest BCUT2D eigenvalue weighted by molar-refractivity contribution is 8.01. The molecule has 1 unspecified atom stereocenters. The molecular formula is C54H59FN4O4S2. The summed E-state index contributed by atoms with van der Waals surface area (Å²) in [6.07, 6.45) is 4.37. The summed E-state index contributed by atoms with van der Waals surface area (Å²) in [4.78, 5) is 35.0. The Labute approximate surface area is 391 Å². The van der Waals surface area contributed by atoms with Gasteiger partial charge in [-0.1, -0.05) is 115 Å². The lowest BCUT2D eigenvalue weighted by Gasteiger charge is -2.37. The number of nitrogens with zero attached hydrogens (tertiary/aromatic N) is 2. The van der Waals surface area contributed by atoms with Crippen LogP contribution in [0.2, 0.25) is 0 Å². The van der Waals surface area contributed by atoms with Crippen LogP contribution < -0.4 is 15.5 Å². The third kappa shape index (κ3) is 12.3. The van der Waals surface area contributed by atoms with E-state index in [1.807, 2.05) is 57.0 Å². The van der Waals surface area contributed by atoms with E-state index in [0.29, 0.717) is 48.5 Å². The monoisotopic (exact) mass is 910 g/mol. The van der Waals surface area contributed by atoms with Crippen molar-refractivity contribution in [3.8, 4) is 0 Å². The molecule has 4 atom stereocenters. The van der Waals surface area contributed by atoms with Gasteiger partial charge < -0.3 is 20.5 Å². The number of halogens is 1. The Bertz CT molecular complexity index is 2340. The number of aliphatic hydroxyl groups is 1. The minimum atomic E-state index is -1.04. The van der Waals surface area contributed by atoms with Crippen LogP contribution in [0.4, 0.5) is 14.9 Å². The molecule has 11 heteroatoms. The van der Waals surface area contributed by atoms with Crippen molar-refractivity contribution < 1.29 is 23.8 Å². The van der Waals surface area contributed by atoms with E-state index in [9.17, 15) is 19.1 Å². The molecule has 65 heavy (non-hydrogen) atoms. The molecule has 0 aliphatic carbocycles. The highest BCUT2D eigenvalue weighted by Crippen LogP contribution is 2.51. The fourth-order valence-corrected chi connectivity index (χ4v) is 10.8. The van der Waals surface area contributed by atoms with E-state index in [4.69, 9.17) is 4.74 Å². The molecule has 6 aromatic rings. The van der Waals surface area contributed by atoms with Crippen molar-refractivity contribution in [2.45, 2.75) is 80.2 Å². The number of pyridine rings is 1. The summed E-state index contributed by atoms with van der Waals surface area (Å²) in [7, 11) is 0. The van der Waals surface area contributed by atoms with Crippen molar-refractivity contribution >= 4 is 41.2 Å². The van der Waals surface area contributed by atoms with Crippen LogP contribution in [0.15, 0.2) is 158 Å². The van der Waals surface area contributed by atoms with Crippen molar-refractivity contribution in [1.29, 1.82) is 0 Å². The molecule has 8 nitrogen and oxygen atoms in total. The maximum absolute atomic E-state index is 14.6. The standard InChI is InChI=1S/C54H59FN4O4S2/c1-53(2,3)63-52(62)59(37-44-34-46(36-57-44)65-54(40-16-8-5-9-17-40,41-18-10-6-11-19-41)42-20-12-7-13-21-42)45-30-27-39(26-23-38-24-28-43(55)29-25-38)47(35-45)51(61)58-49(31-33-64-4)50(60)48-22-14-15-32-56-48/h5-22,24-25,27-30,32,35,44,46,49-50,57,60H,23,26,31,33-34,36-37H2,1-4H3,(H,58,61)/t44-,46-,49-,50?/m0/s1. The number of amides is 2. The molecule has 1 saturated heterocycles. The molecule has 1 aliphatic rings. The van der Waals surface area contributed by atoms with Gasteiger partial charge in [0.15, 0.2) is 0 Å². The molecule has 0 saturated carbocycles. The maximum atomic E-state index is 14.6. The van der Waals surface area contributed by atoms with E-state index >= 15 is 0 Å². The van der Waals surface area contributed by atoms with E-state index < -0.39 is 28.6 Å². The number of anilines is 1. The van der Waals surface area contributed by atoms with Crippen LogP contribution in [0.3, 0.4) is 0 Å². The van der Waals surface area contributed by atoms with Crippen molar-refractivity contribution in [3.63, 3.8) is 0 Å². The fourth-order valence-electron chi connectivity index (χ4n) is 8.46. The van der Waals surface area contributed by atoms with Gasteiger partial charge >= 0.3 is 6.09 Å². The lowest BCUT2D eigenvalue weighted by molar-refractivity contribution is 0.0577. The normalized spacial score (nSPS) is 16.1. The number of aliphatic hydroxyl groups excluding tert-OH is 1. The first-order valence-electron chi connectivity index (χ1n) is 22.3. The molecule has 1 aliphatic heterocycles.